The fraction of sp³-hybridized carbons (Fsp3) is 1.00. The zero-order chi connectivity index (χ0) is 18.8. The molecule has 0 aromatic heterocycles. The molecule has 0 saturated heterocycles. The second kappa shape index (κ2) is 21.0. The van der Waals surface area contributed by atoms with Crippen LogP contribution in [0.15, 0.2) is 0 Å². The first-order valence-electron chi connectivity index (χ1n) is 5.19. The van der Waals surface area contributed by atoms with Crippen LogP contribution in [0.1, 0.15) is 13.3 Å². The quantitative estimate of drug-likeness (QED) is 0.563. The lowest BCUT2D eigenvalue weighted by atomic mass is 10.4. The Morgan fingerprint density at radius 3 is 1.04 bits per heavy atom. The third-order valence-corrected chi connectivity index (χ3v) is 0.873. The van der Waals surface area contributed by atoms with Gasteiger partial charge >= 0.3 is 12.6 Å². The Bertz CT molecular complexity index is 175. The van der Waals surface area contributed by atoms with Gasteiger partial charge in [-0.15, -0.1) is 17.6 Å². The molecule has 0 aliphatic heterocycles. The van der Waals surface area contributed by atoms with E-state index in [1.807, 2.05) is 0 Å². The van der Waals surface area contributed by atoms with Crippen LogP contribution < -0.4 is 0 Å². The van der Waals surface area contributed by atoms with Crippen LogP contribution in [0.4, 0.5) is 57.5 Å². The van der Waals surface area contributed by atoms with Gasteiger partial charge < -0.3 is 0 Å². The Hall–Kier alpha value is -0.950. The molecule has 148 valence electrons. The zero-order valence-electron chi connectivity index (χ0n) is 11.5. The lowest BCUT2D eigenvalue weighted by Gasteiger charge is -2.10. The highest BCUT2D eigenvalue weighted by Crippen LogP contribution is 2.23. The van der Waals surface area contributed by atoms with Crippen molar-refractivity contribution in [3.8, 4) is 0 Å². The van der Waals surface area contributed by atoms with Gasteiger partial charge in [0.2, 0.25) is 6.10 Å². The molecule has 0 amide bonds. The second-order valence-corrected chi connectivity index (χ2v) is 2.77. The Morgan fingerprint density at radius 2 is 1.04 bits per heavy atom. The van der Waals surface area contributed by atoms with Gasteiger partial charge in [-0.25, -0.2) is 13.2 Å². The maximum atomic E-state index is 11.1. The minimum absolute atomic E-state index is 0. The van der Waals surface area contributed by atoms with Crippen LogP contribution in [0.2, 0.25) is 0 Å². The molecule has 0 aliphatic carbocycles. The van der Waals surface area contributed by atoms with E-state index in [9.17, 15) is 52.8 Å². The standard InChI is InChI=1S/C3H3F5O.C3H7F.C2H4F2.CF4.FH/c4-1-2(9-8)3(5,6)7;1-2-3-4;3-1-2-4;2-1(3,4)5;/h2H,1H2;2-3H2,1H3;1-2H2;;1H. The summed E-state index contributed by atoms with van der Waals surface area (Å²) in [5.41, 5.74) is 0. The molecule has 0 N–H and O–H groups in total. The van der Waals surface area contributed by atoms with Crippen molar-refractivity contribution >= 4 is 0 Å². The molecular formula is C9H15F13O. The van der Waals surface area contributed by atoms with Crippen molar-refractivity contribution in [1.29, 1.82) is 0 Å². The molecule has 0 aromatic carbocycles. The first-order chi connectivity index (χ1) is 9.85. The number of rotatable bonds is 4. The molecule has 23 heavy (non-hydrogen) atoms. The second-order valence-electron chi connectivity index (χ2n) is 2.77. The number of alkyl halides is 11. The predicted molar refractivity (Wildman–Crippen MR) is 55.9 cm³/mol. The fourth-order valence-corrected chi connectivity index (χ4v) is 0.162. The average Bonchev–Trinajstić information content (AvgIpc) is 2.37. The van der Waals surface area contributed by atoms with Crippen molar-refractivity contribution in [3.05, 3.63) is 0 Å². The van der Waals surface area contributed by atoms with E-state index in [1.54, 1.807) is 6.92 Å². The zero-order valence-corrected chi connectivity index (χ0v) is 11.5. The van der Waals surface area contributed by atoms with E-state index in [1.165, 1.54) is 0 Å². The molecule has 1 unspecified atom stereocenters. The molecular weight excluding hydrogens is 371 g/mol. The summed E-state index contributed by atoms with van der Waals surface area (Å²) in [6.45, 7) is -1.97. The molecule has 0 rings (SSSR count). The van der Waals surface area contributed by atoms with Gasteiger partial charge in [0.25, 0.3) is 0 Å². The van der Waals surface area contributed by atoms with Crippen molar-refractivity contribution in [3.63, 3.8) is 0 Å². The summed E-state index contributed by atoms with van der Waals surface area (Å²) in [6.07, 6.45) is -12.7. The highest BCUT2D eigenvalue weighted by Gasteiger charge is 2.42. The normalized spacial score (nSPS) is 11.3. The Morgan fingerprint density at radius 1 is 0.783 bits per heavy atom. The van der Waals surface area contributed by atoms with E-state index in [2.05, 4.69) is 4.94 Å². The molecule has 0 radical (unpaired) electrons. The Kier molecular flexibility index (Phi) is 30.8. The van der Waals surface area contributed by atoms with E-state index in [4.69, 9.17) is 0 Å². The summed E-state index contributed by atoms with van der Waals surface area (Å²) in [7, 11) is 0. The first kappa shape index (κ1) is 33.6. The third kappa shape index (κ3) is 62.6. The van der Waals surface area contributed by atoms with Crippen molar-refractivity contribution < 1.29 is 62.5 Å². The maximum absolute atomic E-state index is 11.1. The molecule has 1 nitrogen and oxygen atoms in total. The van der Waals surface area contributed by atoms with Crippen molar-refractivity contribution in [2.24, 2.45) is 0 Å². The van der Waals surface area contributed by atoms with Gasteiger partial charge in [-0.05, 0) is 10.9 Å². The summed E-state index contributed by atoms with van der Waals surface area (Å²) in [4.78, 5) is 2.26. The predicted octanol–water partition coefficient (Wildman–Crippen LogP) is 5.71. The molecule has 1 atom stereocenters. The van der Waals surface area contributed by atoms with Gasteiger partial charge in [0, 0.05) is 0 Å². The maximum Gasteiger partial charge on any atom is 0.559 e. The van der Waals surface area contributed by atoms with E-state index < -0.39 is 38.7 Å². The van der Waals surface area contributed by atoms with Gasteiger partial charge in [0.05, 0.1) is 6.67 Å². The number of halogens is 13. The van der Waals surface area contributed by atoms with E-state index >= 15 is 0 Å². The first-order valence-corrected chi connectivity index (χ1v) is 5.19. The topological polar surface area (TPSA) is 9.23 Å². The van der Waals surface area contributed by atoms with E-state index in [0.29, 0.717) is 6.42 Å². The van der Waals surface area contributed by atoms with Crippen LogP contribution in [-0.4, -0.2) is 45.4 Å². The highest BCUT2D eigenvalue weighted by atomic mass is 19.5. The van der Waals surface area contributed by atoms with Crippen molar-refractivity contribution in [1.82, 2.24) is 0 Å². The van der Waals surface area contributed by atoms with E-state index in [-0.39, 0.29) is 11.4 Å². The van der Waals surface area contributed by atoms with Crippen LogP contribution >= 0.6 is 0 Å². The van der Waals surface area contributed by atoms with Crippen molar-refractivity contribution in [2.75, 3.05) is 26.7 Å². The van der Waals surface area contributed by atoms with Crippen LogP contribution in [-0.2, 0) is 4.94 Å². The third-order valence-electron chi connectivity index (χ3n) is 0.873. The number of hydrogen-bond donors (Lipinski definition) is 0. The van der Waals surface area contributed by atoms with E-state index in [0.717, 1.165) is 0 Å². The summed E-state index contributed by atoms with van der Waals surface area (Å²) in [6, 6.07) is 0. The van der Waals surface area contributed by atoms with Gasteiger partial charge in [-0.2, -0.15) is 18.1 Å². The minimum atomic E-state index is -5.50. The summed E-state index contributed by atoms with van der Waals surface area (Å²) in [5.74, 6) is 0. The lowest BCUT2D eigenvalue weighted by molar-refractivity contribution is -0.297. The molecule has 0 bridgehead atoms. The van der Waals surface area contributed by atoms with Crippen LogP contribution in [0.3, 0.4) is 0 Å². The molecule has 0 spiro atoms. The molecule has 0 heterocycles. The Labute approximate surface area is 122 Å². The largest absolute Gasteiger partial charge is 0.559 e. The lowest BCUT2D eigenvalue weighted by Crippen LogP contribution is -2.31. The molecule has 14 heteroatoms. The van der Waals surface area contributed by atoms with Gasteiger partial charge in [0.1, 0.15) is 20.0 Å². The highest BCUT2D eigenvalue weighted by molar-refractivity contribution is 4.63. The van der Waals surface area contributed by atoms with Crippen LogP contribution in [0.25, 0.3) is 0 Å². The average molecular weight is 386 g/mol. The molecule has 0 aromatic rings. The SMILES string of the molecule is CCCF.F.FC(F)(F)F.FCC(OF)C(F)(F)F.FCCF. The summed E-state index contributed by atoms with van der Waals surface area (Å²) >= 11 is 0. The molecule has 0 saturated carbocycles. The van der Waals surface area contributed by atoms with Gasteiger partial charge in [0.15, 0.2) is 0 Å². The smallest absolute Gasteiger partial charge is 0.269 e. The fourth-order valence-electron chi connectivity index (χ4n) is 0.162. The summed E-state index contributed by atoms with van der Waals surface area (Å²) < 4.78 is 125. The van der Waals surface area contributed by atoms with Crippen LogP contribution in [0.5, 0.6) is 0 Å². The number of hydrogen-bond acceptors (Lipinski definition) is 1. The van der Waals surface area contributed by atoms with Gasteiger partial charge in [-0.3, -0.25) is 9.09 Å². The van der Waals surface area contributed by atoms with Crippen LogP contribution in [0, 0.1) is 0 Å². The Balaban J connectivity index is -0.0000000666. The van der Waals surface area contributed by atoms with Crippen molar-refractivity contribution in [2.45, 2.75) is 32.1 Å². The summed E-state index contributed by atoms with van der Waals surface area (Å²) in [5, 5.41) is 0. The van der Waals surface area contributed by atoms with Gasteiger partial charge in [-0.1, -0.05) is 6.92 Å². The monoisotopic (exact) mass is 386 g/mol. The molecule has 0 aliphatic rings. The molecule has 0 fully saturated rings. The minimum Gasteiger partial charge on any atom is -0.269 e.